The van der Waals surface area contributed by atoms with E-state index in [4.69, 9.17) is 9.16 Å². The highest BCUT2D eigenvalue weighted by molar-refractivity contribution is 14.1. The molecule has 0 spiro atoms. The summed E-state index contributed by atoms with van der Waals surface area (Å²) in [6, 6.07) is 3.25. The van der Waals surface area contributed by atoms with Gasteiger partial charge in [0.15, 0.2) is 8.32 Å². The van der Waals surface area contributed by atoms with Crippen molar-refractivity contribution >= 4 is 36.9 Å². The van der Waals surface area contributed by atoms with Crippen LogP contribution in [0.5, 0.6) is 0 Å². The minimum absolute atomic E-state index is 0.106. The van der Waals surface area contributed by atoms with Gasteiger partial charge in [-0.2, -0.15) is 0 Å². The Morgan fingerprint density at radius 1 is 1.19 bits per heavy atom. The van der Waals surface area contributed by atoms with E-state index in [1.807, 2.05) is 43.4 Å². The summed E-state index contributed by atoms with van der Waals surface area (Å²) < 4.78 is 14.7. The molecular formula is C16H29IO3Si. The Kier molecular flexibility index (Phi) is 9.82. The standard InChI is InChI=1S/C16H29IO3Si/c1-7-21(8-2,9-3)20-14(11-10-12-17)13-19-15(18)16(4,5)6/h14H,7-9,11,13H2,1-6H3/t14-/m1/s1. The van der Waals surface area contributed by atoms with Crippen LogP contribution in [0.25, 0.3) is 0 Å². The van der Waals surface area contributed by atoms with Crippen molar-refractivity contribution in [3.8, 4) is 9.85 Å². The average molecular weight is 424 g/mol. The first-order valence-electron chi connectivity index (χ1n) is 7.68. The fraction of sp³-hybridized carbons (Fsp3) is 0.812. The summed E-state index contributed by atoms with van der Waals surface area (Å²) in [5.74, 6) is 2.86. The topological polar surface area (TPSA) is 35.5 Å². The van der Waals surface area contributed by atoms with Crippen LogP contribution in [0.2, 0.25) is 18.1 Å². The molecule has 0 N–H and O–H groups in total. The van der Waals surface area contributed by atoms with Gasteiger partial charge in [0.2, 0.25) is 0 Å². The number of ether oxygens (including phenoxy) is 1. The van der Waals surface area contributed by atoms with E-state index in [9.17, 15) is 4.79 Å². The van der Waals surface area contributed by atoms with Crippen molar-refractivity contribution in [1.82, 2.24) is 0 Å². The van der Waals surface area contributed by atoms with Crippen LogP contribution in [-0.2, 0) is 14.0 Å². The lowest BCUT2D eigenvalue weighted by Crippen LogP contribution is -2.42. The highest BCUT2D eigenvalue weighted by Gasteiger charge is 2.33. The summed E-state index contributed by atoms with van der Waals surface area (Å²) in [5, 5.41) is 0. The summed E-state index contributed by atoms with van der Waals surface area (Å²) in [5.41, 5.74) is -0.478. The molecule has 0 bridgehead atoms. The number of carbonyl (C=O) groups excluding carboxylic acids is 1. The van der Waals surface area contributed by atoms with E-state index in [1.54, 1.807) is 0 Å². The molecule has 0 aliphatic carbocycles. The normalized spacial score (nSPS) is 13.3. The predicted octanol–water partition coefficient (Wildman–Crippen LogP) is 4.75. The fourth-order valence-corrected chi connectivity index (χ4v) is 5.10. The Hall–Kier alpha value is -0.0631. The summed E-state index contributed by atoms with van der Waals surface area (Å²) >= 11 is 2.03. The Bertz CT molecular complexity index is 367. The van der Waals surface area contributed by atoms with Crippen molar-refractivity contribution in [2.75, 3.05) is 6.61 Å². The van der Waals surface area contributed by atoms with Crippen molar-refractivity contribution in [3.63, 3.8) is 0 Å². The molecule has 0 saturated heterocycles. The molecule has 0 aromatic heterocycles. The SMILES string of the molecule is CC[Si](CC)(CC)O[C@H](CC#CI)COC(=O)C(C)(C)C. The third-order valence-corrected chi connectivity index (χ3v) is 8.84. The first-order chi connectivity index (χ1) is 9.74. The molecule has 122 valence electrons. The van der Waals surface area contributed by atoms with E-state index in [-0.39, 0.29) is 12.1 Å². The van der Waals surface area contributed by atoms with E-state index in [0.29, 0.717) is 13.0 Å². The van der Waals surface area contributed by atoms with Crippen LogP contribution in [0.3, 0.4) is 0 Å². The summed E-state index contributed by atoms with van der Waals surface area (Å²) in [7, 11) is -1.71. The van der Waals surface area contributed by atoms with E-state index in [0.717, 1.165) is 18.1 Å². The molecule has 0 saturated carbocycles. The van der Waals surface area contributed by atoms with Gasteiger partial charge in [-0.05, 0) is 42.8 Å². The molecular weight excluding hydrogens is 395 g/mol. The van der Waals surface area contributed by atoms with Crippen molar-refractivity contribution in [3.05, 3.63) is 0 Å². The maximum Gasteiger partial charge on any atom is 0.311 e. The van der Waals surface area contributed by atoms with Crippen LogP contribution >= 0.6 is 22.6 Å². The molecule has 0 radical (unpaired) electrons. The van der Waals surface area contributed by atoms with Gasteiger partial charge >= 0.3 is 5.97 Å². The number of carbonyl (C=O) groups is 1. The van der Waals surface area contributed by atoms with Gasteiger partial charge in [0.25, 0.3) is 0 Å². The second-order valence-corrected chi connectivity index (χ2v) is 11.6. The molecule has 0 aliphatic rings. The van der Waals surface area contributed by atoms with Gasteiger partial charge in [0.05, 0.1) is 11.5 Å². The molecule has 0 aliphatic heterocycles. The van der Waals surface area contributed by atoms with Gasteiger partial charge in [0, 0.05) is 29.0 Å². The molecule has 0 fully saturated rings. The van der Waals surface area contributed by atoms with Crippen molar-refractivity contribution in [2.45, 2.75) is 72.2 Å². The van der Waals surface area contributed by atoms with Crippen LogP contribution in [0.4, 0.5) is 0 Å². The van der Waals surface area contributed by atoms with Gasteiger partial charge in [-0.25, -0.2) is 0 Å². The first-order valence-corrected chi connectivity index (χ1v) is 11.3. The van der Waals surface area contributed by atoms with Gasteiger partial charge in [0.1, 0.15) is 6.61 Å². The monoisotopic (exact) mass is 424 g/mol. The highest BCUT2D eigenvalue weighted by atomic mass is 127. The first kappa shape index (κ1) is 20.9. The van der Waals surface area contributed by atoms with Crippen LogP contribution in [0, 0.1) is 15.3 Å². The van der Waals surface area contributed by atoms with Crippen LogP contribution in [0.15, 0.2) is 0 Å². The van der Waals surface area contributed by atoms with Crippen molar-refractivity contribution < 1.29 is 14.0 Å². The Morgan fingerprint density at radius 2 is 1.71 bits per heavy atom. The third kappa shape index (κ3) is 7.66. The summed E-state index contributed by atoms with van der Waals surface area (Å²) in [4.78, 5) is 11.9. The maximum absolute atomic E-state index is 11.9. The minimum Gasteiger partial charge on any atom is -0.463 e. The fourth-order valence-electron chi connectivity index (χ4n) is 2.03. The lowest BCUT2D eigenvalue weighted by atomic mass is 9.97. The lowest BCUT2D eigenvalue weighted by molar-refractivity contribution is -0.155. The van der Waals surface area contributed by atoms with Gasteiger partial charge in [-0.3, -0.25) is 4.79 Å². The van der Waals surface area contributed by atoms with E-state index < -0.39 is 13.7 Å². The number of rotatable bonds is 8. The molecule has 0 aromatic carbocycles. The minimum atomic E-state index is -1.71. The predicted molar refractivity (Wildman–Crippen MR) is 98.9 cm³/mol. The van der Waals surface area contributed by atoms with Crippen LogP contribution in [-0.4, -0.2) is 27.0 Å². The number of halogens is 1. The largest absolute Gasteiger partial charge is 0.463 e. The zero-order chi connectivity index (χ0) is 16.5. The van der Waals surface area contributed by atoms with E-state index in [2.05, 4.69) is 30.6 Å². The Morgan fingerprint density at radius 3 is 2.10 bits per heavy atom. The van der Waals surface area contributed by atoms with E-state index >= 15 is 0 Å². The zero-order valence-corrected chi connectivity index (χ0v) is 17.4. The molecule has 5 heteroatoms. The zero-order valence-electron chi connectivity index (χ0n) is 14.2. The van der Waals surface area contributed by atoms with E-state index in [1.165, 1.54) is 0 Å². The van der Waals surface area contributed by atoms with Gasteiger partial charge in [-0.15, -0.1) is 0 Å². The Labute approximate surface area is 144 Å². The Balaban J connectivity index is 4.79. The smallest absolute Gasteiger partial charge is 0.311 e. The molecule has 0 aromatic rings. The molecule has 0 rings (SSSR count). The second kappa shape index (κ2) is 9.85. The maximum atomic E-state index is 11.9. The average Bonchev–Trinajstić information content (AvgIpc) is 2.45. The number of hydrogen-bond donors (Lipinski definition) is 0. The second-order valence-electron chi connectivity index (χ2n) is 6.31. The summed E-state index contributed by atoms with van der Waals surface area (Å²) in [6.45, 7) is 12.5. The highest BCUT2D eigenvalue weighted by Crippen LogP contribution is 2.25. The van der Waals surface area contributed by atoms with Crippen LogP contribution in [0.1, 0.15) is 48.0 Å². The van der Waals surface area contributed by atoms with Crippen molar-refractivity contribution in [1.29, 1.82) is 0 Å². The number of esters is 1. The lowest BCUT2D eigenvalue weighted by Gasteiger charge is -2.32. The number of hydrogen-bond acceptors (Lipinski definition) is 3. The molecule has 3 nitrogen and oxygen atoms in total. The summed E-state index contributed by atoms with van der Waals surface area (Å²) in [6.07, 6.45) is 0.514. The molecule has 0 heterocycles. The van der Waals surface area contributed by atoms with Gasteiger partial charge < -0.3 is 9.16 Å². The molecule has 0 unspecified atom stereocenters. The molecule has 21 heavy (non-hydrogen) atoms. The van der Waals surface area contributed by atoms with Crippen molar-refractivity contribution in [2.24, 2.45) is 5.41 Å². The molecule has 1 atom stereocenters. The van der Waals surface area contributed by atoms with Gasteiger partial charge in [-0.1, -0.05) is 26.7 Å². The molecule has 0 amide bonds. The van der Waals surface area contributed by atoms with Crippen LogP contribution < -0.4 is 0 Å². The third-order valence-electron chi connectivity index (χ3n) is 3.76. The quantitative estimate of drug-likeness (QED) is 0.244.